The summed E-state index contributed by atoms with van der Waals surface area (Å²) in [5.41, 5.74) is 0. The lowest BCUT2D eigenvalue weighted by molar-refractivity contribution is -0.137. The van der Waals surface area contributed by atoms with E-state index in [2.05, 4.69) is 10.0 Å². The molecule has 0 spiro atoms. The smallest absolute Gasteiger partial charge is 0.253 e. The van der Waals surface area contributed by atoms with Crippen LogP contribution in [-0.2, 0) is 24.4 Å². The van der Waals surface area contributed by atoms with Gasteiger partial charge in [-0.2, -0.15) is 0 Å². The van der Waals surface area contributed by atoms with Crippen LogP contribution in [0.3, 0.4) is 0 Å². The molecule has 0 bridgehead atoms. The number of carbonyl (C=O) groups excluding carboxylic acids is 3. The molecule has 0 unspecified atom stereocenters. The largest absolute Gasteiger partial charge is 0.353 e. The normalized spacial score (nSPS) is 17.7. The highest BCUT2D eigenvalue weighted by molar-refractivity contribution is 7.88. The second-order valence-electron chi connectivity index (χ2n) is 5.21. The van der Waals surface area contributed by atoms with E-state index in [0.29, 0.717) is 6.42 Å². The summed E-state index contributed by atoms with van der Waals surface area (Å²) in [6.45, 7) is 3.72. The molecule has 2 atom stereocenters. The van der Waals surface area contributed by atoms with Gasteiger partial charge in [0.15, 0.2) is 0 Å². The van der Waals surface area contributed by atoms with Crippen LogP contribution in [0.2, 0.25) is 0 Å². The zero-order chi connectivity index (χ0) is 16.9. The summed E-state index contributed by atoms with van der Waals surface area (Å²) in [6.07, 6.45) is 3.94. The predicted octanol–water partition coefficient (Wildman–Crippen LogP) is -1.01. The van der Waals surface area contributed by atoms with Crippen LogP contribution in [-0.4, -0.2) is 56.4 Å². The summed E-state index contributed by atoms with van der Waals surface area (Å²) in [7, 11) is -3.52. The molecule has 0 radical (unpaired) electrons. The third kappa shape index (κ3) is 5.23. The highest BCUT2D eigenvalue weighted by atomic mass is 32.2. The van der Waals surface area contributed by atoms with Crippen molar-refractivity contribution in [3.63, 3.8) is 0 Å². The Morgan fingerprint density at radius 2 is 1.82 bits per heavy atom. The molecular formula is C13H21N3O5S. The first-order chi connectivity index (χ1) is 10.2. The van der Waals surface area contributed by atoms with Crippen molar-refractivity contribution in [3.8, 4) is 0 Å². The fraction of sp³-hybridized carbons (Fsp3) is 0.615. The molecule has 124 valence electrons. The minimum atomic E-state index is -3.52. The van der Waals surface area contributed by atoms with E-state index >= 15 is 0 Å². The summed E-state index contributed by atoms with van der Waals surface area (Å²) in [4.78, 5) is 35.8. The van der Waals surface area contributed by atoms with Crippen molar-refractivity contribution in [3.05, 3.63) is 12.2 Å². The molecule has 0 aromatic carbocycles. The van der Waals surface area contributed by atoms with E-state index < -0.39 is 33.8 Å². The second kappa shape index (κ2) is 7.50. The summed E-state index contributed by atoms with van der Waals surface area (Å²) < 4.78 is 25.0. The average Bonchev–Trinajstić information content (AvgIpc) is 2.74. The van der Waals surface area contributed by atoms with Crippen LogP contribution in [0, 0.1) is 5.92 Å². The van der Waals surface area contributed by atoms with Gasteiger partial charge in [-0.05, 0) is 5.92 Å². The Morgan fingerprint density at radius 3 is 2.27 bits per heavy atom. The van der Waals surface area contributed by atoms with Gasteiger partial charge in [0.1, 0.15) is 6.04 Å². The topological polar surface area (TPSA) is 113 Å². The molecule has 0 aromatic heterocycles. The highest BCUT2D eigenvalue weighted by Gasteiger charge is 2.28. The highest BCUT2D eigenvalue weighted by Crippen LogP contribution is 2.09. The molecule has 22 heavy (non-hydrogen) atoms. The van der Waals surface area contributed by atoms with Crippen molar-refractivity contribution < 1.29 is 22.8 Å². The van der Waals surface area contributed by atoms with E-state index in [1.165, 1.54) is 0 Å². The molecular weight excluding hydrogens is 310 g/mol. The number of carbonyl (C=O) groups is 3. The third-order valence-corrected chi connectivity index (χ3v) is 4.05. The number of amides is 3. The van der Waals surface area contributed by atoms with Gasteiger partial charge >= 0.3 is 0 Å². The Balaban J connectivity index is 2.56. The predicted molar refractivity (Wildman–Crippen MR) is 80.1 cm³/mol. The van der Waals surface area contributed by atoms with Gasteiger partial charge in [0, 0.05) is 25.2 Å². The lowest BCUT2D eigenvalue weighted by atomic mass is 9.99. The van der Waals surface area contributed by atoms with Crippen LogP contribution in [0.4, 0.5) is 0 Å². The van der Waals surface area contributed by atoms with Gasteiger partial charge in [-0.1, -0.05) is 20.3 Å². The molecule has 1 heterocycles. The van der Waals surface area contributed by atoms with Crippen molar-refractivity contribution in [2.45, 2.75) is 26.3 Å². The molecule has 0 saturated carbocycles. The zero-order valence-electron chi connectivity index (χ0n) is 12.8. The molecule has 0 saturated heterocycles. The molecule has 8 nitrogen and oxygen atoms in total. The van der Waals surface area contributed by atoms with Gasteiger partial charge < -0.3 is 5.32 Å². The quantitative estimate of drug-likeness (QED) is 0.554. The SMILES string of the molecule is CC[C@H](C)[C@H](NS(C)(=O)=O)C(=O)NCCN1C(=O)C=CC1=O. The van der Waals surface area contributed by atoms with E-state index in [1.54, 1.807) is 6.92 Å². The molecule has 9 heteroatoms. The van der Waals surface area contributed by atoms with E-state index in [0.717, 1.165) is 23.3 Å². The van der Waals surface area contributed by atoms with Crippen LogP contribution in [0.1, 0.15) is 20.3 Å². The van der Waals surface area contributed by atoms with E-state index in [-0.39, 0.29) is 19.0 Å². The minimum absolute atomic E-state index is 0.0442. The van der Waals surface area contributed by atoms with Crippen LogP contribution >= 0.6 is 0 Å². The van der Waals surface area contributed by atoms with Gasteiger partial charge in [0.2, 0.25) is 15.9 Å². The van der Waals surface area contributed by atoms with Crippen LogP contribution in [0.15, 0.2) is 12.2 Å². The van der Waals surface area contributed by atoms with Crippen LogP contribution in [0.25, 0.3) is 0 Å². The first-order valence-electron chi connectivity index (χ1n) is 6.94. The van der Waals surface area contributed by atoms with E-state index in [9.17, 15) is 22.8 Å². The van der Waals surface area contributed by atoms with Crippen molar-refractivity contribution in [2.24, 2.45) is 5.92 Å². The van der Waals surface area contributed by atoms with E-state index in [4.69, 9.17) is 0 Å². The number of nitrogens with zero attached hydrogens (tertiary/aromatic N) is 1. The molecule has 0 aromatic rings. The van der Waals surface area contributed by atoms with E-state index in [1.807, 2.05) is 6.92 Å². The summed E-state index contributed by atoms with van der Waals surface area (Å²) in [5.74, 6) is -1.52. The Labute approximate surface area is 130 Å². The Morgan fingerprint density at radius 1 is 1.27 bits per heavy atom. The molecule has 2 N–H and O–H groups in total. The Hall–Kier alpha value is -1.74. The Bertz CT molecular complexity index is 566. The summed E-state index contributed by atoms with van der Waals surface area (Å²) in [5, 5.41) is 2.55. The lowest BCUT2D eigenvalue weighted by Crippen LogP contribution is -2.51. The van der Waals surface area contributed by atoms with Gasteiger partial charge in [-0.15, -0.1) is 0 Å². The zero-order valence-corrected chi connectivity index (χ0v) is 13.6. The molecule has 1 aliphatic rings. The van der Waals surface area contributed by atoms with Crippen molar-refractivity contribution in [1.29, 1.82) is 0 Å². The molecule has 0 fully saturated rings. The van der Waals surface area contributed by atoms with Crippen molar-refractivity contribution in [2.75, 3.05) is 19.3 Å². The fourth-order valence-corrected chi connectivity index (χ4v) is 2.75. The molecule has 1 aliphatic heterocycles. The monoisotopic (exact) mass is 331 g/mol. The van der Waals surface area contributed by atoms with Crippen molar-refractivity contribution in [1.82, 2.24) is 14.9 Å². The summed E-state index contributed by atoms with van der Waals surface area (Å²) in [6, 6.07) is -0.886. The van der Waals surface area contributed by atoms with Gasteiger partial charge in [0.05, 0.1) is 6.26 Å². The van der Waals surface area contributed by atoms with Crippen LogP contribution < -0.4 is 10.0 Å². The fourth-order valence-electron chi connectivity index (χ4n) is 1.95. The second-order valence-corrected chi connectivity index (χ2v) is 6.99. The number of hydrogen-bond donors (Lipinski definition) is 2. The average molecular weight is 331 g/mol. The molecule has 1 rings (SSSR count). The first kappa shape index (κ1) is 18.3. The van der Waals surface area contributed by atoms with Gasteiger partial charge in [-0.25, -0.2) is 13.1 Å². The summed E-state index contributed by atoms with van der Waals surface area (Å²) >= 11 is 0. The molecule has 0 aliphatic carbocycles. The first-order valence-corrected chi connectivity index (χ1v) is 8.83. The number of hydrogen-bond acceptors (Lipinski definition) is 5. The lowest BCUT2D eigenvalue weighted by Gasteiger charge is -2.23. The standard InChI is InChI=1S/C13H21N3O5S/c1-4-9(2)12(15-22(3,20)21)13(19)14-7-8-16-10(17)5-6-11(16)18/h5-6,9,12,15H,4,7-8H2,1-3H3,(H,14,19)/t9-,12-/m0/s1. The van der Waals surface area contributed by atoms with Gasteiger partial charge in [0.25, 0.3) is 11.8 Å². The maximum absolute atomic E-state index is 12.1. The Kier molecular flexibility index (Phi) is 6.24. The van der Waals surface area contributed by atoms with Crippen LogP contribution in [0.5, 0.6) is 0 Å². The third-order valence-electron chi connectivity index (χ3n) is 3.37. The van der Waals surface area contributed by atoms with Crippen molar-refractivity contribution >= 4 is 27.7 Å². The minimum Gasteiger partial charge on any atom is -0.353 e. The maximum Gasteiger partial charge on any atom is 0.253 e. The number of nitrogens with one attached hydrogen (secondary N) is 2. The number of sulfonamides is 1. The maximum atomic E-state index is 12.1. The number of imide groups is 1. The molecule has 3 amide bonds. The van der Waals surface area contributed by atoms with Gasteiger partial charge in [-0.3, -0.25) is 19.3 Å². The number of rotatable bonds is 8.